The first-order valence-corrected chi connectivity index (χ1v) is 4.41. The van der Waals surface area contributed by atoms with Crippen molar-refractivity contribution < 1.29 is 20.4 Å². The molecule has 0 amide bonds. The van der Waals surface area contributed by atoms with Crippen LogP contribution < -0.4 is 0 Å². The zero-order valence-electron chi connectivity index (χ0n) is 7.67. The number of phenolic OH excluding ortho intramolecular Hbond substituents is 1. The van der Waals surface area contributed by atoms with E-state index in [2.05, 4.69) is 0 Å². The normalized spacial score (nSPS) is 15.1. The summed E-state index contributed by atoms with van der Waals surface area (Å²) in [7, 11) is 0. The maximum Gasteiger partial charge on any atom is 0.115 e. The Kier molecular flexibility index (Phi) is 3.88. The average molecular weight is 198 g/mol. The Labute approximate surface area is 82.1 Å². The summed E-state index contributed by atoms with van der Waals surface area (Å²) >= 11 is 0. The lowest BCUT2D eigenvalue weighted by molar-refractivity contribution is 0.00419. The van der Waals surface area contributed by atoms with Crippen LogP contribution >= 0.6 is 0 Å². The molecule has 0 aliphatic rings. The molecule has 0 spiro atoms. The van der Waals surface area contributed by atoms with Gasteiger partial charge in [-0.2, -0.15) is 0 Å². The third-order valence-corrected chi connectivity index (χ3v) is 2.02. The Morgan fingerprint density at radius 2 is 1.64 bits per heavy atom. The molecule has 1 aromatic carbocycles. The maximum atomic E-state index is 9.57. The Morgan fingerprint density at radius 1 is 1.07 bits per heavy atom. The minimum absolute atomic E-state index is 0.109. The number of aromatic hydroxyl groups is 1. The lowest BCUT2D eigenvalue weighted by Gasteiger charge is -2.16. The van der Waals surface area contributed by atoms with Crippen molar-refractivity contribution in [1.29, 1.82) is 0 Å². The fraction of sp³-hybridized carbons (Fsp3) is 0.400. The topological polar surface area (TPSA) is 80.9 Å². The van der Waals surface area contributed by atoms with Gasteiger partial charge >= 0.3 is 0 Å². The van der Waals surface area contributed by atoms with E-state index >= 15 is 0 Å². The van der Waals surface area contributed by atoms with Gasteiger partial charge in [0.05, 0.1) is 6.10 Å². The van der Waals surface area contributed by atoms with Crippen LogP contribution in [0.2, 0.25) is 0 Å². The lowest BCUT2D eigenvalue weighted by Crippen LogP contribution is -2.19. The molecule has 4 N–H and O–H groups in total. The van der Waals surface area contributed by atoms with Crippen LogP contribution in [0.1, 0.15) is 18.1 Å². The van der Waals surface area contributed by atoms with Crippen LogP contribution in [0.3, 0.4) is 0 Å². The summed E-state index contributed by atoms with van der Waals surface area (Å²) in [6, 6.07) is 5.93. The number of hydrogen-bond acceptors (Lipinski definition) is 4. The molecule has 0 saturated heterocycles. The smallest absolute Gasteiger partial charge is 0.115 e. The summed E-state index contributed by atoms with van der Waals surface area (Å²) in [6.07, 6.45) is -1.88. The van der Waals surface area contributed by atoms with Crippen molar-refractivity contribution in [2.75, 3.05) is 6.61 Å². The van der Waals surface area contributed by atoms with E-state index in [0.717, 1.165) is 0 Å². The monoisotopic (exact) mass is 198 g/mol. The molecule has 14 heavy (non-hydrogen) atoms. The minimum Gasteiger partial charge on any atom is -0.508 e. The molecular formula is C10H14O4. The molecule has 0 aliphatic carbocycles. The summed E-state index contributed by atoms with van der Waals surface area (Å²) in [5, 5.41) is 36.5. The third-order valence-electron chi connectivity index (χ3n) is 2.02. The van der Waals surface area contributed by atoms with Gasteiger partial charge in [0.1, 0.15) is 11.9 Å². The zero-order chi connectivity index (χ0) is 10.6. The first kappa shape index (κ1) is 11.0. The van der Waals surface area contributed by atoms with Gasteiger partial charge in [0.15, 0.2) is 0 Å². The fourth-order valence-corrected chi connectivity index (χ4v) is 1.18. The van der Waals surface area contributed by atoms with Crippen molar-refractivity contribution in [2.45, 2.75) is 18.6 Å². The average Bonchev–Trinajstić information content (AvgIpc) is 2.18. The van der Waals surface area contributed by atoms with Crippen molar-refractivity contribution in [1.82, 2.24) is 0 Å². The third kappa shape index (κ3) is 2.70. The largest absolute Gasteiger partial charge is 0.508 e. The predicted octanol–water partition coefficient (Wildman–Crippen LogP) is 0.169. The van der Waals surface area contributed by atoms with Gasteiger partial charge in [-0.25, -0.2) is 0 Å². The summed E-state index contributed by atoms with van der Waals surface area (Å²) in [6.45, 7) is -0.170. The summed E-state index contributed by atoms with van der Waals surface area (Å²) in [5.74, 6) is 0.109. The molecule has 0 bridgehead atoms. The van der Waals surface area contributed by atoms with Crippen molar-refractivity contribution in [3.05, 3.63) is 29.8 Å². The predicted molar refractivity (Wildman–Crippen MR) is 50.8 cm³/mol. The summed E-state index contributed by atoms with van der Waals surface area (Å²) < 4.78 is 0. The highest BCUT2D eigenvalue weighted by atomic mass is 16.3. The van der Waals surface area contributed by atoms with Crippen LogP contribution in [-0.4, -0.2) is 33.1 Å². The van der Waals surface area contributed by atoms with Crippen LogP contribution in [0.25, 0.3) is 0 Å². The van der Waals surface area contributed by atoms with Gasteiger partial charge < -0.3 is 20.4 Å². The van der Waals surface area contributed by atoms with Crippen molar-refractivity contribution in [3.8, 4) is 5.75 Å². The Hall–Kier alpha value is -1.10. The van der Waals surface area contributed by atoms with Crippen LogP contribution in [0.5, 0.6) is 5.75 Å². The van der Waals surface area contributed by atoms with E-state index in [4.69, 9.17) is 10.2 Å². The number of rotatable bonds is 4. The summed E-state index contributed by atoms with van der Waals surface area (Å²) in [5.41, 5.74) is 0.517. The number of phenols is 1. The second-order valence-corrected chi connectivity index (χ2v) is 3.12. The number of hydrogen-bond donors (Lipinski definition) is 4. The SMILES string of the molecule is OCCC(O)C(O)c1ccc(O)cc1. The van der Waals surface area contributed by atoms with Crippen molar-refractivity contribution in [2.24, 2.45) is 0 Å². The molecule has 1 rings (SSSR count). The van der Waals surface area contributed by atoms with E-state index in [-0.39, 0.29) is 18.8 Å². The molecule has 4 nitrogen and oxygen atoms in total. The Morgan fingerprint density at radius 3 is 2.14 bits per heavy atom. The first-order chi connectivity index (χ1) is 6.65. The van der Waals surface area contributed by atoms with E-state index in [1.807, 2.05) is 0 Å². The highest BCUT2D eigenvalue weighted by Gasteiger charge is 2.17. The summed E-state index contributed by atoms with van der Waals surface area (Å²) in [4.78, 5) is 0. The molecule has 0 saturated carbocycles. The standard InChI is InChI=1S/C10H14O4/c11-6-5-9(13)10(14)7-1-3-8(12)4-2-7/h1-4,9-14H,5-6H2. The molecule has 0 aromatic heterocycles. The number of benzene rings is 1. The molecule has 0 heterocycles. The number of aliphatic hydroxyl groups is 3. The molecule has 1 aromatic rings. The van der Waals surface area contributed by atoms with E-state index in [0.29, 0.717) is 5.56 Å². The molecule has 0 fully saturated rings. The van der Waals surface area contributed by atoms with Crippen molar-refractivity contribution in [3.63, 3.8) is 0 Å². The van der Waals surface area contributed by atoms with E-state index in [1.165, 1.54) is 24.3 Å². The van der Waals surface area contributed by atoms with E-state index in [1.54, 1.807) is 0 Å². The van der Waals surface area contributed by atoms with E-state index in [9.17, 15) is 10.2 Å². The first-order valence-electron chi connectivity index (χ1n) is 4.41. The second kappa shape index (κ2) is 4.95. The molecule has 0 radical (unpaired) electrons. The maximum absolute atomic E-state index is 9.57. The van der Waals surface area contributed by atoms with Crippen LogP contribution in [0, 0.1) is 0 Å². The lowest BCUT2D eigenvalue weighted by atomic mass is 10.0. The molecule has 0 aliphatic heterocycles. The van der Waals surface area contributed by atoms with Gasteiger partial charge in [-0.1, -0.05) is 12.1 Å². The van der Waals surface area contributed by atoms with Crippen LogP contribution in [0.15, 0.2) is 24.3 Å². The Bertz CT molecular complexity index is 270. The second-order valence-electron chi connectivity index (χ2n) is 3.12. The highest BCUT2D eigenvalue weighted by Crippen LogP contribution is 2.20. The van der Waals surface area contributed by atoms with Gasteiger partial charge in [-0.05, 0) is 24.1 Å². The van der Waals surface area contributed by atoms with Gasteiger partial charge in [0, 0.05) is 6.61 Å². The molecule has 2 atom stereocenters. The molecule has 2 unspecified atom stereocenters. The van der Waals surface area contributed by atoms with Gasteiger partial charge in [-0.3, -0.25) is 0 Å². The quantitative estimate of drug-likeness (QED) is 0.556. The highest BCUT2D eigenvalue weighted by molar-refractivity contribution is 5.27. The van der Waals surface area contributed by atoms with Crippen molar-refractivity contribution >= 4 is 0 Å². The van der Waals surface area contributed by atoms with E-state index < -0.39 is 12.2 Å². The zero-order valence-corrected chi connectivity index (χ0v) is 7.67. The molecule has 78 valence electrons. The van der Waals surface area contributed by atoms with Gasteiger partial charge in [0.25, 0.3) is 0 Å². The number of aliphatic hydroxyl groups excluding tert-OH is 3. The van der Waals surface area contributed by atoms with Gasteiger partial charge in [-0.15, -0.1) is 0 Å². The minimum atomic E-state index is -1.03. The Balaban J connectivity index is 2.68. The molecular weight excluding hydrogens is 184 g/mol. The fourth-order valence-electron chi connectivity index (χ4n) is 1.18. The van der Waals surface area contributed by atoms with Gasteiger partial charge in [0.2, 0.25) is 0 Å². The van der Waals surface area contributed by atoms with Crippen LogP contribution in [0.4, 0.5) is 0 Å². The molecule has 4 heteroatoms. The van der Waals surface area contributed by atoms with Crippen LogP contribution in [-0.2, 0) is 0 Å².